The van der Waals surface area contributed by atoms with E-state index in [1.54, 1.807) is 0 Å². The molecule has 0 saturated heterocycles. The summed E-state index contributed by atoms with van der Waals surface area (Å²) in [7, 11) is -0.885. The molecule has 0 fully saturated rings. The van der Waals surface area contributed by atoms with Gasteiger partial charge in [0, 0.05) is 12.2 Å². The second kappa shape index (κ2) is 9.92. The van der Waals surface area contributed by atoms with E-state index < -0.39 is 9.04 Å². The second-order valence-corrected chi connectivity index (χ2v) is 11.3. The van der Waals surface area contributed by atoms with Crippen LogP contribution in [0.1, 0.15) is 56.5 Å². The van der Waals surface area contributed by atoms with Gasteiger partial charge >= 0.3 is 0 Å². The molecule has 0 aliphatic carbocycles. The van der Waals surface area contributed by atoms with Crippen molar-refractivity contribution in [2.45, 2.75) is 59.0 Å². The molecule has 1 amide bonds. The van der Waals surface area contributed by atoms with Crippen LogP contribution in [-0.2, 0) is 5.41 Å². The zero-order chi connectivity index (χ0) is 20.9. The minimum Gasteiger partial charge on any atom is -0.542 e. The summed E-state index contributed by atoms with van der Waals surface area (Å²) in [6.45, 7) is 13.7. The van der Waals surface area contributed by atoms with Crippen molar-refractivity contribution in [1.82, 2.24) is 0 Å². The van der Waals surface area contributed by atoms with Crippen LogP contribution in [0, 0.1) is 3.57 Å². The van der Waals surface area contributed by atoms with E-state index in [9.17, 15) is 4.79 Å². The lowest BCUT2D eigenvalue weighted by Crippen LogP contribution is -2.32. The van der Waals surface area contributed by atoms with E-state index in [2.05, 4.69) is 87.6 Å². The molecule has 28 heavy (non-hydrogen) atoms. The van der Waals surface area contributed by atoms with Gasteiger partial charge in [-0.3, -0.25) is 4.79 Å². The predicted molar refractivity (Wildman–Crippen MR) is 129 cm³/mol. The molecule has 0 N–H and O–H groups in total. The molecule has 0 heterocycles. The molecule has 0 bridgehead atoms. The first-order valence-corrected chi connectivity index (χ1v) is 13.3. The molecule has 0 aromatic heterocycles. The summed E-state index contributed by atoms with van der Waals surface area (Å²) < 4.78 is 6.87. The lowest BCUT2D eigenvalue weighted by atomic mass is 9.87. The first kappa shape index (κ1) is 22.9. The van der Waals surface area contributed by atoms with Gasteiger partial charge in [0.2, 0.25) is 0 Å². The number of rotatable bonds is 7. The lowest BCUT2D eigenvalue weighted by Gasteiger charge is -2.26. The zero-order valence-corrected chi connectivity index (χ0v) is 21.0. The quantitative estimate of drug-likeness (QED) is 0.309. The highest BCUT2D eigenvalue weighted by molar-refractivity contribution is 14.1. The number of anilines is 1. The summed E-state index contributed by atoms with van der Waals surface area (Å²) in [4.78, 5) is 15.4. The fraction of sp³-hybridized carbons (Fsp3) is 0.435. The Hall–Kier alpha value is -1.34. The number of hydrogen-bond donors (Lipinski definition) is 0. The summed E-state index contributed by atoms with van der Waals surface area (Å²) in [5.74, 6) is 0.844. The molecule has 0 saturated carbocycles. The van der Waals surface area contributed by atoms with Crippen molar-refractivity contribution >= 4 is 43.2 Å². The highest BCUT2D eigenvalue weighted by Gasteiger charge is 2.22. The smallest absolute Gasteiger partial charge is 0.274 e. The molecule has 2 aromatic carbocycles. The highest BCUT2D eigenvalue weighted by atomic mass is 127. The van der Waals surface area contributed by atoms with Gasteiger partial charge in [-0.25, -0.2) is 0 Å². The van der Waals surface area contributed by atoms with Crippen LogP contribution in [0.2, 0.25) is 13.1 Å². The van der Waals surface area contributed by atoms with E-state index >= 15 is 0 Å². The molecule has 2 aromatic rings. The van der Waals surface area contributed by atoms with E-state index in [0.717, 1.165) is 27.8 Å². The molecule has 0 aliphatic rings. The van der Waals surface area contributed by atoms with Crippen LogP contribution < -0.4 is 9.33 Å². The Bertz CT molecular complexity index is 797. The van der Waals surface area contributed by atoms with Gasteiger partial charge in [0.05, 0.1) is 9.13 Å². The standard InChI is InChI=1S/C23H31INO2Si/c1-7-8-16-25(18-14-12-17(13-15-18)23(2,3)4)22(26)19-10-9-11-20(21(19)24)27-28(5)6/h9-15H,7-8,16H2,1-6H3. The molecule has 1 radical (unpaired) electrons. The molecule has 151 valence electrons. The van der Waals surface area contributed by atoms with E-state index in [1.807, 2.05) is 23.1 Å². The van der Waals surface area contributed by atoms with Gasteiger partial charge in [-0.1, -0.05) is 52.3 Å². The molecule has 3 nitrogen and oxygen atoms in total. The van der Waals surface area contributed by atoms with Gasteiger partial charge in [-0.2, -0.15) is 0 Å². The molecular weight excluding hydrogens is 477 g/mol. The van der Waals surface area contributed by atoms with Gasteiger partial charge in [0.15, 0.2) is 0 Å². The Morgan fingerprint density at radius 1 is 1.11 bits per heavy atom. The Morgan fingerprint density at radius 3 is 2.29 bits per heavy atom. The van der Waals surface area contributed by atoms with Crippen molar-refractivity contribution in [2.24, 2.45) is 0 Å². The average molecular weight is 508 g/mol. The Morgan fingerprint density at radius 2 is 1.75 bits per heavy atom. The fourth-order valence-corrected chi connectivity index (χ4v) is 4.44. The van der Waals surface area contributed by atoms with E-state index in [0.29, 0.717) is 12.1 Å². The van der Waals surface area contributed by atoms with Crippen LogP contribution in [0.15, 0.2) is 42.5 Å². The molecule has 2 rings (SSSR count). The van der Waals surface area contributed by atoms with Crippen LogP contribution in [0.3, 0.4) is 0 Å². The Kier molecular flexibility index (Phi) is 8.13. The summed E-state index contributed by atoms with van der Waals surface area (Å²) >= 11 is 2.24. The number of amides is 1. The Balaban J connectivity index is 2.39. The van der Waals surface area contributed by atoms with Crippen LogP contribution >= 0.6 is 22.6 Å². The minimum absolute atomic E-state index is 0.0350. The van der Waals surface area contributed by atoms with Crippen molar-refractivity contribution in [2.75, 3.05) is 11.4 Å². The molecule has 0 unspecified atom stereocenters. The molecule has 0 atom stereocenters. The first-order valence-electron chi connectivity index (χ1n) is 9.84. The topological polar surface area (TPSA) is 29.5 Å². The largest absolute Gasteiger partial charge is 0.542 e. The van der Waals surface area contributed by atoms with Gasteiger partial charge in [0.25, 0.3) is 14.9 Å². The van der Waals surface area contributed by atoms with E-state index in [1.165, 1.54) is 5.56 Å². The average Bonchev–Trinajstić information content (AvgIpc) is 2.63. The van der Waals surface area contributed by atoms with Crippen LogP contribution in [0.25, 0.3) is 0 Å². The zero-order valence-electron chi connectivity index (χ0n) is 17.8. The maximum Gasteiger partial charge on any atom is 0.274 e. The number of halogens is 1. The highest BCUT2D eigenvalue weighted by Crippen LogP contribution is 2.29. The number of benzene rings is 2. The normalized spacial score (nSPS) is 11.6. The summed E-state index contributed by atoms with van der Waals surface area (Å²) in [5, 5.41) is 0. The van der Waals surface area contributed by atoms with Crippen molar-refractivity contribution in [3.8, 4) is 5.75 Å². The maximum atomic E-state index is 13.5. The summed E-state index contributed by atoms with van der Waals surface area (Å²) in [6.07, 6.45) is 2.01. The number of hydrogen-bond acceptors (Lipinski definition) is 2. The van der Waals surface area contributed by atoms with Crippen LogP contribution in [0.4, 0.5) is 5.69 Å². The third-order valence-electron chi connectivity index (χ3n) is 4.53. The van der Waals surface area contributed by atoms with Crippen LogP contribution in [0.5, 0.6) is 5.75 Å². The first-order chi connectivity index (χ1) is 13.1. The van der Waals surface area contributed by atoms with Crippen molar-refractivity contribution in [3.63, 3.8) is 0 Å². The van der Waals surface area contributed by atoms with Gasteiger partial charge in [-0.15, -0.1) is 0 Å². The number of carbonyl (C=O) groups excluding carboxylic acids is 1. The molecule has 5 heteroatoms. The number of unbranched alkanes of at least 4 members (excludes halogenated alkanes) is 1. The van der Waals surface area contributed by atoms with Crippen molar-refractivity contribution in [3.05, 3.63) is 57.2 Å². The summed E-state index contributed by atoms with van der Waals surface area (Å²) in [5.41, 5.74) is 3.02. The van der Waals surface area contributed by atoms with Gasteiger partial charge in [0.1, 0.15) is 5.75 Å². The van der Waals surface area contributed by atoms with Gasteiger partial charge in [-0.05, 0) is 77.3 Å². The molecule has 0 aliphatic heterocycles. The van der Waals surface area contributed by atoms with E-state index in [4.69, 9.17) is 4.43 Å². The Labute approximate surface area is 185 Å². The van der Waals surface area contributed by atoms with E-state index in [-0.39, 0.29) is 11.3 Å². The maximum absolute atomic E-state index is 13.5. The second-order valence-electron chi connectivity index (χ2n) is 8.24. The van der Waals surface area contributed by atoms with Crippen LogP contribution in [-0.4, -0.2) is 21.5 Å². The summed E-state index contributed by atoms with van der Waals surface area (Å²) in [6, 6.07) is 14.2. The fourth-order valence-electron chi connectivity index (χ4n) is 2.93. The lowest BCUT2D eigenvalue weighted by molar-refractivity contribution is 0.0985. The predicted octanol–water partition coefficient (Wildman–Crippen LogP) is 6.67. The third kappa shape index (κ3) is 5.83. The van der Waals surface area contributed by atoms with Crippen molar-refractivity contribution in [1.29, 1.82) is 0 Å². The monoisotopic (exact) mass is 508 g/mol. The minimum atomic E-state index is -0.885. The van der Waals surface area contributed by atoms with Crippen molar-refractivity contribution < 1.29 is 9.22 Å². The van der Waals surface area contributed by atoms with Gasteiger partial charge < -0.3 is 9.33 Å². The molecule has 0 spiro atoms. The number of carbonyl (C=O) groups is 1. The number of nitrogens with zero attached hydrogens (tertiary/aromatic N) is 1. The third-order valence-corrected chi connectivity index (χ3v) is 6.27. The molecular formula is C23H31INO2Si. The SMILES string of the molecule is CCCCN(C(=O)c1cccc(O[Si](C)C)c1I)c1ccc(C(C)(C)C)cc1.